The first kappa shape index (κ1) is 20.2. The summed E-state index contributed by atoms with van der Waals surface area (Å²) in [6, 6.07) is 0. The van der Waals surface area contributed by atoms with E-state index in [0.29, 0.717) is 0 Å². The van der Waals surface area contributed by atoms with Gasteiger partial charge in [0.2, 0.25) is 0 Å². The summed E-state index contributed by atoms with van der Waals surface area (Å²) in [5, 5.41) is 0. The first-order chi connectivity index (χ1) is 7.69. The normalized spacial score (nSPS) is 11.4. The van der Waals surface area contributed by atoms with Gasteiger partial charge in [-0.05, 0) is 12.8 Å². The molecule has 0 fully saturated rings. The van der Waals surface area contributed by atoms with Crippen LogP contribution in [0.2, 0.25) is 0 Å². The Kier molecular flexibility index (Phi) is 24.3. The zero-order chi connectivity index (χ0) is 13.4. The summed E-state index contributed by atoms with van der Waals surface area (Å²) in [6.07, 6.45) is 11.9. The molecular formula is C13H22O3. The summed E-state index contributed by atoms with van der Waals surface area (Å²) >= 11 is 0. The van der Waals surface area contributed by atoms with Crippen LogP contribution in [0.1, 0.15) is 26.7 Å². The standard InChI is InChI=1S/2C6H10O.CH2O/c2*1-4-6(5-2)7-3;1-2/h2*1,6H,5H2,2-3H3;1H2. The highest BCUT2D eigenvalue weighted by Gasteiger charge is 1.93. The van der Waals surface area contributed by atoms with E-state index in [9.17, 15) is 0 Å². The minimum Gasteiger partial charge on any atom is -0.369 e. The van der Waals surface area contributed by atoms with Crippen molar-refractivity contribution in [3.05, 3.63) is 0 Å². The summed E-state index contributed by atoms with van der Waals surface area (Å²) in [5.74, 6) is 4.96. The lowest BCUT2D eigenvalue weighted by atomic mass is 10.3. The van der Waals surface area contributed by atoms with Crippen molar-refractivity contribution in [2.24, 2.45) is 0 Å². The third kappa shape index (κ3) is 15.2. The number of carbonyl (C=O) groups is 1. The fourth-order valence-corrected chi connectivity index (χ4v) is 0.705. The van der Waals surface area contributed by atoms with Gasteiger partial charge >= 0.3 is 0 Å². The Morgan fingerprint density at radius 1 is 1.00 bits per heavy atom. The third-order valence-electron chi connectivity index (χ3n) is 1.68. The Morgan fingerprint density at radius 2 is 1.25 bits per heavy atom. The number of hydrogen-bond acceptors (Lipinski definition) is 3. The van der Waals surface area contributed by atoms with Crippen LogP contribution in [0.15, 0.2) is 0 Å². The summed E-state index contributed by atoms with van der Waals surface area (Å²) in [6.45, 7) is 5.99. The maximum Gasteiger partial charge on any atom is 0.117 e. The minimum absolute atomic E-state index is 0.0139. The molecule has 0 aromatic carbocycles. The van der Waals surface area contributed by atoms with Crippen molar-refractivity contribution in [3.8, 4) is 24.7 Å². The molecular weight excluding hydrogens is 204 g/mol. The van der Waals surface area contributed by atoms with Crippen LogP contribution in [0.3, 0.4) is 0 Å². The van der Waals surface area contributed by atoms with Gasteiger partial charge in [0, 0.05) is 14.2 Å². The molecule has 0 aliphatic carbocycles. The largest absolute Gasteiger partial charge is 0.369 e. The molecule has 0 aromatic heterocycles. The Hall–Kier alpha value is -1.29. The fourth-order valence-electron chi connectivity index (χ4n) is 0.705. The Labute approximate surface area is 99.5 Å². The van der Waals surface area contributed by atoms with E-state index in [1.54, 1.807) is 14.2 Å². The van der Waals surface area contributed by atoms with Gasteiger partial charge in [0.25, 0.3) is 0 Å². The molecule has 0 rings (SSSR count). The molecule has 3 nitrogen and oxygen atoms in total. The van der Waals surface area contributed by atoms with E-state index >= 15 is 0 Å². The maximum atomic E-state index is 8.00. The van der Waals surface area contributed by atoms with Gasteiger partial charge in [-0.2, -0.15) is 0 Å². The molecule has 0 spiro atoms. The second-order valence-corrected chi connectivity index (χ2v) is 2.60. The van der Waals surface area contributed by atoms with Gasteiger partial charge in [-0.25, -0.2) is 0 Å². The third-order valence-corrected chi connectivity index (χ3v) is 1.68. The number of ether oxygens (including phenoxy) is 2. The topological polar surface area (TPSA) is 35.5 Å². The van der Waals surface area contributed by atoms with Crippen molar-refractivity contribution in [1.29, 1.82) is 0 Å². The van der Waals surface area contributed by atoms with Crippen molar-refractivity contribution in [2.75, 3.05) is 14.2 Å². The van der Waals surface area contributed by atoms with Gasteiger partial charge in [-0.3, -0.25) is 0 Å². The molecule has 0 aromatic rings. The molecule has 16 heavy (non-hydrogen) atoms. The van der Waals surface area contributed by atoms with Crippen LogP contribution in [0.4, 0.5) is 0 Å². The van der Waals surface area contributed by atoms with Gasteiger partial charge < -0.3 is 14.3 Å². The highest BCUT2D eigenvalue weighted by Crippen LogP contribution is 1.90. The molecule has 92 valence electrons. The second-order valence-electron chi connectivity index (χ2n) is 2.60. The van der Waals surface area contributed by atoms with E-state index < -0.39 is 0 Å². The first-order valence-corrected chi connectivity index (χ1v) is 4.96. The summed E-state index contributed by atoms with van der Waals surface area (Å²) in [4.78, 5) is 8.00. The monoisotopic (exact) mass is 226 g/mol. The van der Waals surface area contributed by atoms with Crippen molar-refractivity contribution in [1.82, 2.24) is 0 Å². The molecule has 0 bridgehead atoms. The first-order valence-electron chi connectivity index (χ1n) is 4.96. The zero-order valence-electron chi connectivity index (χ0n) is 10.7. The molecule has 0 aliphatic heterocycles. The van der Waals surface area contributed by atoms with Crippen LogP contribution < -0.4 is 0 Å². The number of rotatable bonds is 4. The number of methoxy groups -OCH3 is 2. The van der Waals surface area contributed by atoms with Crippen molar-refractivity contribution in [2.45, 2.75) is 38.9 Å². The van der Waals surface area contributed by atoms with Gasteiger partial charge in [0.1, 0.15) is 19.0 Å². The molecule has 0 radical (unpaired) electrons. The summed E-state index contributed by atoms with van der Waals surface area (Å²) in [7, 11) is 3.24. The predicted molar refractivity (Wildman–Crippen MR) is 67.0 cm³/mol. The van der Waals surface area contributed by atoms with E-state index in [2.05, 4.69) is 11.8 Å². The van der Waals surface area contributed by atoms with Crippen molar-refractivity contribution < 1.29 is 14.3 Å². The van der Waals surface area contributed by atoms with Crippen molar-refractivity contribution in [3.63, 3.8) is 0 Å². The van der Waals surface area contributed by atoms with E-state index in [1.165, 1.54) is 0 Å². The van der Waals surface area contributed by atoms with E-state index in [0.717, 1.165) is 12.8 Å². The molecule has 0 aliphatic rings. The van der Waals surface area contributed by atoms with E-state index in [4.69, 9.17) is 27.1 Å². The van der Waals surface area contributed by atoms with Gasteiger partial charge in [0.15, 0.2) is 0 Å². The molecule has 0 N–H and O–H groups in total. The average Bonchev–Trinajstić information content (AvgIpc) is 2.37. The highest BCUT2D eigenvalue weighted by atomic mass is 16.5. The number of terminal acetylenes is 2. The second kappa shape index (κ2) is 19.3. The molecule has 0 saturated heterocycles. The summed E-state index contributed by atoms with van der Waals surface area (Å²) in [5.41, 5.74) is 0. The van der Waals surface area contributed by atoms with Crippen LogP contribution >= 0.6 is 0 Å². The SMILES string of the molecule is C#CC(CC)OC.C#CC(CC)OC.C=O. The van der Waals surface area contributed by atoms with Crippen LogP contribution in [0, 0.1) is 24.7 Å². The van der Waals surface area contributed by atoms with Crippen LogP contribution in [-0.4, -0.2) is 33.2 Å². The minimum atomic E-state index is 0.0139. The molecule has 0 amide bonds. The Morgan fingerprint density at radius 3 is 1.25 bits per heavy atom. The van der Waals surface area contributed by atoms with Crippen LogP contribution in [0.25, 0.3) is 0 Å². The lowest BCUT2D eigenvalue weighted by Gasteiger charge is -2.00. The van der Waals surface area contributed by atoms with Gasteiger partial charge in [-0.15, -0.1) is 12.8 Å². The van der Waals surface area contributed by atoms with Gasteiger partial charge in [0.05, 0.1) is 0 Å². The predicted octanol–water partition coefficient (Wildman–Crippen LogP) is 1.90. The lowest BCUT2D eigenvalue weighted by Crippen LogP contribution is -2.03. The molecule has 2 atom stereocenters. The summed E-state index contributed by atoms with van der Waals surface area (Å²) < 4.78 is 9.62. The maximum absolute atomic E-state index is 8.00. The molecule has 0 saturated carbocycles. The molecule has 2 unspecified atom stereocenters. The van der Waals surface area contributed by atoms with Crippen LogP contribution in [0.5, 0.6) is 0 Å². The quantitative estimate of drug-likeness (QED) is 0.687. The Bertz CT molecular complexity index is 170. The fraction of sp³-hybridized carbons (Fsp3) is 0.615. The zero-order valence-corrected chi connectivity index (χ0v) is 10.7. The highest BCUT2D eigenvalue weighted by molar-refractivity contribution is 5.11. The lowest BCUT2D eigenvalue weighted by molar-refractivity contribution is -0.0979. The number of hydrogen-bond donors (Lipinski definition) is 0. The average molecular weight is 226 g/mol. The van der Waals surface area contributed by atoms with E-state index in [-0.39, 0.29) is 12.2 Å². The number of carbonyl (C=O) groups excluding carboxylic acids is 1. The molecule has 3 heteroatoms. The van der Waals surface area contributed by atoms with Gasteiger partial charge in [-0.1, -0.05) is 25.7 Å². The van der Waals surface area contributed by atoms with E-state index in [1.807, 2.05) is 20.6 Å². The smallest absolute Gasteiger partial charge is 0.117 e. The Balaban J connectivity index is -0.000000183. The molecule has 0 heterocycles. The van der Waals surface area contributed by atoms with Crippen LogP contribution in [-0.2, 0) is 14.3 Å². The van der Waals surface area contributed by atoms with Crippen molar-refractivity contribution >= 4 is 6.79 Å².